The predicted octanol–water partition coefficient (Wildman–Crippen LogP) is 6.09. The summed E-state index contributed by atoms with van der Waals surface area (Å²) in [6.07, 6.45) is 7.60. The van der Waals surface area contributed by atoms with Crippen molar-refractivity contribution in [2.24, 2.45) is 0 Å². The number of carbonyl (C=O) groups is 2. The molecule has 0 saturated heterocycles. The van der Waals surface area contributed by atoms with Crippen molar-refractivity contribution in [3.8, 4) is 11.3 Å². The first-order valence-corrected chi connectivity index (χ1v) is 17.5. The van der Waals surface area contributed by atoms with Crippen LogP contribution in [-0.2, 0) is 29.7 Å². The number of amides is 1. The lowest BCUT2D eigenvalue weighted by Crippen LogP contribution is -2.35. The lowest BCUT2D eigenvalue weighted by molar-refractivity contribution is 0.0696. The summed E-state index contributed by atoms with van der Waals surface area (Å²) >= 11 is 0. The van der Waals surface area contributed by atoms with E-state index in [1.165, 1.54) is 12.0 Å². The maximum Gasteiger partial charge on any atom is 0.335 e. The van der Waals surface area contributed by atoms with Gasteiger partial charge in [0.1, 0.15) is 5.69 Å². The van der Waals surface area contributed by atoms with E-state index < -0.39 is 27.1 Å². The minimum Gasteiger partial charge on any atom is -0.478 e. The fraction of sp³-hybridized carbons (Fsp3) is 0.471. The number of aromatic nitrogens is 2. The van der Waals surface area contributed by atoms with E-state index >= 15 is 0 Å². The fourth-order valence-electron chi connectivity index (χ4n) is 7.56. The molecular weight excluding hydrogens is 576 g/mol. The summed E-state index contributed by atoms with van der Waals surface area (Å²) in [5.74, 6) is -1.14. The van der Waals surface area contributed by atoms with Crippen LogP contribution >= 0.6 is 0 Å². The van der Waals surface area contributed by atoms with E-state index in [1.807, 2.05) is 25.2 Å². The molecule has 4 aromatic rings. The van der Waals surface area contributed by atoms with Crippen molar-refractivity contribution in [1.29, 1.82) is 0 Å². The molecule has 3 aliphatic rings. The minimum absolute atomic E-state index is 0.275. The SMILES string of the molecule is CCN(C)Cc1c(C(=O)NS(=O)(=O)C2CC2)n2c3c(cccc13)-c1c(C3CCCCC3)c3ccc(C(=O)O)cc3n1CCC2. The molecule has 2 aliphatic carbocycles. The van der Waals surface area contributed by atoms with Crippen LogP contribution < -0.4 is 4.72 Å². The fourth-order valence-corrected chi connectivity index (χ4v) is 8.84. The maximum atomic E-state index is 14.0. The van der Waals surface area contributed by atoms with Gasteiger partial charge in [0, 0.05) is 47.1 Å². The molecule has 0 bridgehead atoms. The number of para-hydroxylation sites is 1. The van der Waals surface area contributed by atoms with Crippen molar-refractivity contribution in [2.45, 2.75) is 89.1 Å². The average molecular weight is 617 g/mol. The Morgan fingerprint density at radius 3 is 2.43 bits per heavy atom. The highest BCUT2D eigenvalue weighted by Gasteiger charge is 2.39. The predicted molar refractivity (Wildman–Crippen MR) is 172 cm³/mol. The van der Waals surface area contributed by atoms with E-state index in [0.29, 0.717) is 50.5 Å². The zero-order valence-corrected chi connectivity index (χ0v) is 26.3. The summed E-state index contributed by atoms with van der Waals surface area (Å²) in [7, 11) is -1.73. The van der Waals surface area contributed by atoms with Gasteiger partial charge >= 0.3 is 5.97 Å². The van der Waals surface area contributed by atoms with E-state index in [-0.39, 0.29) is 5.56 Å². The van der Waals surface area contributed by atoms with Crippen molar-refractivity contribution in [3.05, 3.63) is 58.8 Å². The van der Waals surface area contributed by atoms with Crippen molar-refractivity contribution in [1.82, 2.24) is 18.8 Å². The molecule has 2 aromatic carbocycles. The Balaban J connectivity index is 1.52. The molecule has 44 heavy (non-hydrogen) atoms. The number of nitrogens with one attached hydrogen (secondary N) is 1. The third-order valence-electron chi connectivity index (χ3n) is 9.95. The standard InChI is InChI=1S/C34H40N4O5S/c1-3-36(2)20-27-24-11-7-12-26-30(24)38(32(27)33(39)35-44(42,43)23-14-15-23)18-8-17-37-28-19-22(34(40)41)13-16-25(28)29(31(26)37)21-9-5-4-6-10-21/h7,11-13,16,19,21,23H,3-6,8-10,14-15,17-18,20H2,1-2H3,(H,35,39)(H,40,41). The van der Waals surface area contributed by atoms with Crippen molar-refractivity contribution >= 4 is 43.7 Å². The Bertz CT molecular complexity index is 1910. The van der Waals surface area contributed by atoms with Crippen LogP contribution in [0.4, 0.5) is 0 Å². The van der Waals surface area contributed by atoms with Gasteiger partial charge in [-0.05, 0) is 69.3 Å². The number of nitrogens with zero attached hydrogens (tertiary/aromatic N) is 3. The number of carbonyl (C=O) groups excluding carboxylic acids is 1. The van der Waals surface area contributed by atoms with Crippen molar-refractivity contribution < 1.29 is 23.1 Å². The Hall–Kier alpha value is -3.63. The first-order valence-electron chi connectivity index (χ1n) is 16.0. The molecule has 2 saturated carbocycles. The van der Waals surface area contributed by atoms with Gasteiger partial charge in [0.05, 0.1) is 22.0 Å². The molecule has 3 heterocycles. The third kappa shape index (κ3) is 4.83. The van der Waals surface area contributed by atoms with Gasteiger partial charge in [-0.3, -0.25) is 4.79 Å². The van der Waals surface area contributed by atoms with E-state index in [0.717, 1.165) is 70.9 Å². The van der Waals surface area contributed by atoms with Crippen LogP contribution in [0.2, 0.25) is 0 Å². The number of carboxylic acid groups (broad SMARTS) is 1. The molecule has 0 radical (unpaired) electrons. The van der Waals surface area contributed by atoms with E-state index in [9.17, 15) is 23.1 Å². The Kier molecular flexibility index (Phi) is 7.32. The molecule has 232 valence electrons. The van der Waals surface area contributed by atoms with Crippen LogP contribution in [0.25, 0.3) is 33.1 Å². The van der Waals surface area contributed by atoms with E-state index in [2.05, 4.69) is 37.8 Å². The highest BCUT2D eigenvalue weighted by molar-refractivity contribution is 7.91. The highest BCUT2D eigenvalue weighted by Crippen LogP contribution is 2.47. The second-order valence-electron chi connectivity index (χ2n) is 12.8. The maximum absolute atomic E-state index is 14.0. The first kappa shape index (κ1) is 29.1. The van der Waals surface area contributed by atoms with Gasteiger partial charge in [-0.15, -0.1) is 0 Å². The number of aryl methyl sites for hydroxylation is 2. The van der Waals surface area contributed by atoms with Gasteiger partial charge in [0.15, 0.2) is 0 Å². The molecule has 2 N–H and O–H groups in total. The molecule has 1 aliphatic heterocycles. The summed E-state index contributed by atoms with van der Waals surface area (Å²) < 4.78 is 32.7. The molecule has 10 heteroatoms. The molecular formula is C34H40N4O5S. The number of sulfonamides is 1. The van der Waals surface area contributed by atoms with Crippen LogP contribution in [0, 0.1) is 0 Å². The average Bonchev–Trinajstić information content (AvgIpc) is 3.77. The molecule has 2 aromatic heterocycles. The highest BCUT2D eigenvalue weighted by atomic mass is 32.2. The number of rotatable bonds is 8. The second kappa shape index (κ2) is 11.1. The summed E-state index contributed by atoms with van der Waals surface area (Å²) in [5, 5.41) is 11.4. The van der Waals surface area contributed by atoms with Crippen molar-refractivity contribution in [3.63, 3.8) is 0 Å². The van der Waals surface area contributed by atoms with Gasteiger partial charge in [-0.2, -0.15) is 0 Å². The first-order chi connectivity index (χ1) is 21.2. The summed E-state index contributed by atoms with van der Waals surface area (Å²) in [6, 6.07) is 11.7. The topological polar surface area (TPSA) is 114 Å². The Morgan fingerprint density at radius 2 is 1.73 bits per heavy atom. The molecule has 0 atom stereocenters. The largest absolute Gasteiger partial charge is 0.478 e. The number of fused-ring (bicyclic) bond motifs is 4. The van der Waals surface area contributed by atoms with Gasteiger partial charge in [-0.25, -0.2) is 17.9 Å². The van der Waals surface area contributed by atoms with E-state index in [4.69, 9.17) is 0 Å². The molecule has 0 spiro atoms. The zero-order valence-electron chi connectivity index (χ0n) is 25.4. The van der Waals surface area contributed by atoms with Crippen molar-refractivity contribution in [2.75, 3.05) is 13.6 Å². The van der Waals surface area contributed by atoms with Crippen LogP contribution in [0.1, 0.15) is 96.2 Å². The normalized spacial score (nSPS) is 17.5. The quantitative estimate of drug-likeness (QED) is 0.248. The zero-order chi connectivity index (χ0) is 30.7. The third-order valence-corrected chi connectivity index (χ3v) is 11.8. The van der Waals surface area contributed by atoms with E-state index in [1.54, 1.807) is 6.07 Å². The van der Waals surface area contributed by atoms with Gasteiger partial charge in [-0.1, -0.05) is 50.5 Å². The summed E-state index contributed by atoms with van der Waals surface area (Å²) in [5.41, 5.74) is 6.81. The summed E-state index contributed by atoms with van der Waals surface area (Å²) in [6.45, 7) is 4.54. The van der Waals surface area contributed by atoms with Crippen LogP contribution in [0.15, 0.2) is 36.4 Å². The van der Waals surface area contributed by atoms with Gasteiger partial charge in [0.2, 0.25) is 10.0 Å². The lowest BCUT2D eigenvalue weighted by atomic mass is 9.81. The smallest absolute Gasteiger partial charge is 0.335 e. The van der Waals surface area contributed by atoms with Gasteiger partial charge in [0.25, 0.3) is 5.91 Å². The number of carboxylic acids is 1. The number of benzene rings is 2. The van der Waals surface area contributed by atoms with Crippen LogP contribution in [-0.4, -0.2) is 58.3 Å². The molecule has 1 amide bonds. The molecule has 0 unspecified atom stereocenters. The minimum atomic E-state index is -3.73. The Labute approximate surface area is 257 Å². The van der Waals surface area contributed by atoms with Crippen LogP contribution in [0.3, 0.4) is 0 Å². The monoisotopic (exact) mass is 616 g/mol. The second-order valence-corrected chi connectivity index (χ2v) is 14.8. The number of aromatic carboxylic acids is 1. The Morgan fingerprint density at radius 1 is 0.977 bits per heavy atom. The number of hydrogen-bond acceptors (Lipinski definition) is 5. The summed E-state index contributed by atoms with van der Waals surface area (Å²) in [4.78, 5) is 28.1. The molecule has 9 nitrogen and oxygen atoms in total. The molecule has 2 fully saturated rings. The van der Waals surface area contributed by atoms with Gasteiger partial charge < -0.3 is 19.1 Å². The number of hydrogen-bond donors (Lipinski definition) is 2. The van der Waals surface area contributed by atoms with Crippen LogP contribution in [0.5, 0.6) is 0 Å². The molecule has 7 rings (SSSR count). The lowest BCUT2D eigenvalue weighted by Gasteiger charge is -2.25.